The summed E-state index contributed by atoms with van der Waals surface area (Å²) in [4.78, 5) is 36.4. The Bertz CT molecular complexity index is 564. The van der Waals surface area contributed by atoms with Crippen LogP contribution in [0.25, 0.3) is 0 Å². The Morgan fingerprint density at radius 2 is 1.74 bits per heavy atom. The number of ether oxygens (including phenoxy) is 2. The molecule has 0 aliphatic heterocycles. The maximum atomic E-state index is 12.0. The third-order valence-corrected chi connectivity index (χ3v) is 2.79. The van der Waals surface area contributed by atoms with Gasteiger partial charge in [0.25, 0.3) is 0 Å². The summed E-state index contributed by atoms with van der Waals surface area (Å²) < 4.78 is 9.76. The van der Waals surface area contributed by atoms with Gasteiger partial charge in [0.2, 0.25) is 0 Å². The minimum absolute atomic E-state index is 0.356. The second kappa shape index (κ2) is 7.62. The molecule has 7 nitrogen and oxygen atoms in total. The molecule has 1 atom stereocenters. The van der Waals surface area contributed by atoms with Crippen LogP contribution in [0.4, 0.5) is 4.79 Å². The van der Waals surface area contributed by atoms with Gasteiger partial charge in [-0.2, -0.15) is 0 Å². The molecule has 0 aliphatic carbocycles. The summed E-state index contributed by atoms with van der Waals surface area (Å²) in [7, 11) is 1.12. The lowest BCUT2D eigenvalue weighted by atomic mass is 10.1. The SMILES string of the molecule is COC(=O)N(CC(=O)OC(C)(C)C)C(C(=O)O)c1ccccc1. The van der Waals surface area contributed by atoms with Gasteiger partial charge in [0.15, 0.2) is 6.04 Å². The third-order valence-electron chi connectivity index (χ3n) is 2.79. The minimum atomic E-state index is -1.35. The van der Waals surface area contributed by atoms with Crippen LogP contribution >= 0.6 is 0 Å². The fourth-order valence-electron chi connectivity index (χ4n) is 1.98. The van der Waals surface area contributed by atoms with Gasteiger partial charge in [0, 0.05) is 0 Å². The summed E-state index contributed by atoms with van der Waals surface area (Å²) in [5, 5.41) is 9.49. The van der Waals surface area contributed by atoms with Gasteiger partial charge in [-0.05, 0) is 26.3 Å². The maximum absolute atomic E-state index is 12.0. The number of hydrogen-bond acceptors (Lipinski definition) is 5. The van der Waals surface area contributed by atoms with Crippen molar-refractivity contribution >= 4 is 18.0 Å². The number of methoxy groups -OCH3 is 1. The molecule has 0 saturated carbocycles. The van der Waals surface area contributed by atoms with Crippen molar-refractivity contribution in [3.8, 4) is 0 Å². The van der Waals surface area contributed by atoms with E-state index in [0.29, 0.717) is 5.56 Å². The lowest BCUT2D eigenvalue weighted by molar-refractivity contribution is -0.157. The monoisotopic (exact) mass is 323 g/mol. The number of carbonyl (C=O) groups excluding carboxylic acids is 2. The minimum Gasteiger partial charge on any atom is -0.479 e. The van der Waals surface area contributed by atoms with Crippen LogP contribution in [-0.4, -0.2) is 47.3 Å². The molecule has 1 aromatic carbocycles. The van der Waals surface area contributed by atoms with E-state index in [9.17, 15) is 19.5 Å². The van der Waals surface area contributed by atoms with E-state index in [4.69, 9.17) is 4.74 Å². The summed E-state index contributed by atoms with van der Waals surface area (Å²) in [6.45, 7) is 4.51. The zero-order valence-corrected chi connectivity index (χ0v) is 13.6. The molecule has 1 N–H and O–H groups in total. The predicted octanol–water partition coefficient (Wildman–Crippen LogP) is 2.22. The Morgan fingerprint density at radius 3 is 2.17 bits per heavy atom. The Labute approximate surface area is 134 Å². The van der Waals surface area contributed by atoms with Crippen molar-refractivity contribution in [2.24, 2.45) is 0 Å². The van der Waals surface area contributed by atoms with Gasteiger partial charge >= 0.3 is 18.0 Å². The number of carboxylic acids is 1. The number of amides is 1. The molecule has 0 saturated heterocycles. The highest BCUT2D eigenvalue weighted by atomic mass is 16.6. The van der Waals surface area contributed by atoms with Gasteiger partial charge in [-0.15, -0.1) is 0 Å². The van der Waals surface area contributed by atoms with Gasteiger partial charge in [-0.3, -0.25) is 9.69 Å². The van der Waals surface area contributed by atoms with E-state index in [0.717, 1.165) is 12.0 Å². The number of carbonyl (C=O) groups is 3. The summed E-state index contributed by atoms with van der Waals surface area (Å²) in [5.41, 5.74) is -0.390. The van der Waals surface area contributed by atoms with Crippen LogP contribution in [0, 0.1) is 0 Å². The van der Waals surface area contributed by atoms with Gasteiger partial charge in [0.1, 0.15) is 12.1 Å². The summed E-state index contributed by atoms with van der Waals surface area (Å²) in [6, 6.07) is 6.78. The summed E-state index contributed by atoms with van der Waals surface area (Å²) in [5.74, 6) is -1.99. The summed E-state index contributed by atoms with van der Waals surface area (Å²) >= 11 is 0. The van der Waals surface area contributed by atoms with E-state index < -0.39 is 36.2 Å². The molecule has 1 unspecified atom stereocenters. The molecule has 0 radical (unpaired) electrons. The van der Waals surface area contributed by atoms with Crippen molar-refractivity contribution in [2.45, 2.75) is 32.4 Å². The Morgan fingerprint density at radius 1 is 1.17 bits per heavy atom. The molecular formula is C16H21NO6. The molecule has 0 fully saturated rings. The molecule has 1 amide bonds. The van der Waals surface area contributed by atoms with Crippen LogP contribution in [-0.2, 0) is 19.1 Å². The first-order chi connectivity index (χ1) is 10.7. The average Bonchev–Trinajstić information content (AvgIpc) is 2.44. The zero-order chi connectivity index (χ0) is 17.6. The van der Waals surface area contributed by atoms with Crippen molar-refractivity contribution in [1.29, 1.82) is 0 Å². The van der Waals surface area contributed by atoms with Crippen LogP contribution in [0.15, 0.2) is 30.3 Å². The summed E-state index contributed by atoms with van der Waals surface area (Å²) in [6.07, 6.45) is -0.924. The Balaban J connectivity index is 3.10. The van der Waals surface area contributed by atoms with Crippen molar-refractivity contribution in [2.75, 3.05) is 13.7 Å². The largest absolute Gasteiger partial charge is 0.479 e. The molecule has 1 rings (SSSR count). The molecular weight excluding hydrogens is 302 g/mol. The van der Waals surface area contributed by atoms with Crippen molar-refractivity contribution in [3.63, 3.8) is 0 Å². The van der Waals surface area contributed by atoms with Gasteiger partial charge in [-0.1, -0.05) is 30.3 Å². The van der Waals surface area contributed by atoms with E-state index in [1.807, 2.05) is 0 Å². The van der Waals surface area contributed by atoms with Gasteiger partial charge < -0.3 is 14.6 Å². The first kappa shape index (κ1) is 18.5. The third kappa shape index (κ3) is 5.61. The normalized spacial score (nSPS) is 12.2. The number of hydrogen-bond donors (Lipinski definition) is 1. The molecule has 7 heteroatoms. The topological polar surface area (TPSA) is 93.1 Å². The fourth-order valence-corrected chi connectivity index (χ4v) is 1.98. The molecule has 0 aliphatic rings. The maximum Gasteiger partial charge on any atom is 0.411 e. The number of benzene rings is 1. The molecule has 0 aromatic heterocycles. The molecule has 0 spiro atoms. The van der Waals surface area contributed by atoms with E-state index in [2.05, 4.69) is 4.74 Å². The average molecular weight is 323 g/mol. The second-order valence-electron chi connectivity index (χ2n) is 5.84. The van der Waals surface area contributed by atoms with Gasteiger partial charge in [0.05, 0.1) is 7.11 Å². The fraction of sp³-hybridized carbons (Fsp3) is 0.438. The van der Waals surface area contributed by atoms with Crippen molar-refractivity contribution in [1.82, 2.24) is 4.90 Å². The number of nitrogens with zero attached hydrogens (tertiary/aromatic N) is 1. The first-order valence-corrected chi connectivity index (χ1v) is 7.00. The van der Waals surface area contributed by atoms with Crippen LogP contribution in [0.1, 0.15) is 32.4 Å². The van der Waals surface area contributed by atoms with Crippen LogP contribution in [0.3, 0.4) is 0 Å². The van der Waals surface area contributed by atoms with E-state index in [1.165, 1.54) is 0 Å². The van der Waals surface area contributed by atoms with Crippen molar-refractivity contribution < 1.29 is 29.0 Å². The molecule has 0 heterocycles. The van der Waals surface area contributed by atoms with E-state index >= 15 is 0 Å². The van der Waals surface area contributed by atoms with E-state index in [-0.39, 0.29) is 0 Å². The molecule has 126 valence electrons. The highest BCUT2D eigenvalue weighted by Gasteiger charge is 2.34. The zero-order valence-electron chi connectivity index (χ0n) is 13.6. The first-order valence-electron chi connectivity index (χ1n) is 7.00. The number of rotatable bonds is 5. The van der Waals surface area contributed by atoms with Crippen LogP contribution in [0.5, 0.6) is 0 Å². The standard InChI is InChI=1S/C16H21NO6/c1-16(2,3)23-12(18)10-17(15(21)22-4)13(14(19)20)11-8-6-5-7-9-11/h5-9,13H,10H2,1-4H3,(H,19,20). The van der Waals surface area contributed by atoms with Gasteiger partial charge in [-0.25, -0.2) is 9.59 Å². The molecule has 0 bridgehead atoms. The van der Waals surface area contributed by atoms with Crippen LogP contribution in [0.2, 0.25) is 0 Å². The highest BCUT2D eigenvalue weighted by Crippen LogP contribution is 2.22. The smallest absolute Gasteiger partial charge is 0.411 e. The number of aliphatic carboxylic acids is 1. The van der Waals surface area contributed by atoms with E-state index in [1.54, 1.807) is 51.1 Å². The Kier molecular flexibility index (Phi) is 6.12. The van der Waals surface area contributed by atoms with Crippen molar-refractivity contribution in [3.05, 3.63) is 35.9 Å². The number of carboxylic acid groups (broad SMARTS) is 1. The number of esters is 1. The Hall–Kier alpha value is -2.57. The lowest BCUT2D eigenvalue weighted by Crippen LogP contribution is -2.43. The van der Waals surface area contributed by atoms with Crippen LogP contribution < -0.4 is 0 Å². The predicted molar refractivity (Wildman–Crippen MR) is 81.8 cm³/mol. The lowest BCUT2D eigenvalue weighted by Gasteiger charge is -2.28. The quantitative estimate of drug-likeness (QED) is 0.835. The molecule has 23 heavy (non-hydrogen) atoms. The highest BCUT2D eigenvalue weighted by molar-refractivity contribution is 5.85. The molecule has 1 aromatic rings. The second-order valence-corrected chi connectivity index (χ2v) is 5.84.